The monoisotopic (exact) mass is 254 g/mol. The molecule has 0 unspecified atom stereocenters. The van der Waals surface area contributed by atoms with Crippen LogP contribution >= 0.6 is 0 Å². The molecule has 0 amide bonds. The van der Waals surface area contributed by atoms with Crippen molar-refractivity contribution in [2.75, 3.05) is 12.3 Å². The molecule has 19 heavy (non-hydrogen) atoms. The number of rotatable bonds is 3. The highest BCUT2D eigenvalue weighted by Gasteiger charge is 2.14. The molecule has 0 fully saturated rings. The molecule has 1 aromatic carbocycles. The Balaban J connectivity index is 2.49. The number of nitrogens with zero attached hydrogens (tertiary/aromatic N) is 1. The Morgan fingerprint density at radius 2 is 2.00 bits per heavy atom. The first-order valence-corrected chi connectivity index (χ1v) is 6.11. The lowest BCUT2D eigenvalue weighted by molar-refractivity contribution is -0.370. The predicted molar refractivity (Wildman–Crippen MR) is 73.5 cm³/mol. The topological polar surface area (TPSA) is 73.2 Å². The van der Waals surface area contributed by atoms with Crippen LogP contribution in [0.5, 0.6) is 5.75 Å². The largest absolute Gasteiger partial charge is 0.494 e. The number of aryl methyl sites for hydroxylation is 1. The van der Waals surface area contributed by atoms with Gasteiger partial charge in [0.2, 0.25) is 0 Å². The molecule has 1 aromatic heterocycles. The molecule has 0 aliphatic rings. The van der Waals surface area contributed by atoms with E-state index in [-0.39, 0.29) is 0 Å². The zero-order valence-electron chi connectivity index (χ0n) is 11.0. The summed E-state index contributed by atoms with van der Waals surface area (Å²) in [6, 6.07) is 11.7. The molecule has 0 saturated carbocycles. The summed E-state index contributed by atoms with van der Waals surface area (Å²) in [5.41, 5.74) is 9.01. The van der Waals surface area contributed by atoms with Crippen LogP contribution in [0.2, 0.25) is 0 Å². The fourth-order valence-corrected chi connectivity index (χ4v) is 1.99. The molecule has 0 aliphatic heterocycles. The molecule has 0 radical (unpaired) electrons. The second-order valence-corrected chi connectivity index (χ2v) is 4.22. The molecular formula is C15H16N3O+. The number of nitrogen functional groups attached to an aromatic ring is 1. The molecule has 96 valence electrons. The molecule has 0 bridgehead atoms. The Morgan fingerprint density at radius 3 is 2.58 bits per heavy atom. The normalized spacial score (nSPS) is 9.95. The Labute approximate surface area is 112 Å². The molecule has 0 saturated heterocycles. The average molecular weight is 254 g/mol. The number of anilines is 1. The molecule has 0 aliphatic carbocycles. The van der Waals surface area contributed by atoms with Crippen molar-refractivity contribution in [1.82, 2.24) is 0 Å². The predicted octanol–water partition coefficient (Wildman–Crippen LogP) is 2.33. The number of aromatic amines is 1. The molecule has 2 aromatic rings. The van der Waals surface area contributed by atoms with Crippen molar-refractivity contribution >= 4 is 5.82 Å². The first-order chi connectivity index (χ1) is 9.15. The van der Waals surface area contributed by atoms with E-state index in [2.05, 4.69) is 11.1 Å². The maximum atomic E-state index is 9.22. The van der Waals surface area contributed by atoms with Crippen LogP contribution < -0.4 is 15.5 Å². The maximum absolute atomic E-state index is 9.22. The average Bonchev–Trinajstić information content (AvgIpc) is 2.39. The van der Waals surface area contributed by atoms with Crippen molar-refractivity contribution in [3.05, 3.63) is 41.6 Å². The summed E-state index contributed by atoms with van der Waals surface area (Å²) >= 11 is 0. The second kappa shape index (κ2) is 5.40. The van der Waals surface area contributed by atoms with Gasteiger partial charge in [-0.25, -0.2) is 4.98 Å². The van der Waals surface area contributed by atoms with Crippen molar-refractivity contribution in [3.8, 4) is 22.9 Å². The van der Waals surface area contributed by atoms with Gasteiger partial charge < -0.3 is 4.74 Å². The SMILES string of the molecule is CCOc1ccc(-c2cc(C)[nH+]c(N)c2C#N)cc1. The van der Waals surface area contributed by atoms with Crippen LogP contribution in [0.4, 0.5) is 5.82 Å². The molecule has 4 nitrogen and oxygen atoms in total. The van der Waals surface area contributed by atoms with E-state index in [0.29, 0.717) is 18.0 Å². The third-order valence-electron chi connectivity index (χ3n) is 2.82. The number of nitrogens with two attached hydrogens (primary N) is 1. The minimum absolute atomic E-state index is 0.395. The van der Waals surface area contributed by atoms with Crippen molar-refractivity contribution in [1.29, 1.82) is 5.26 Å². The van der Waals surface area contributed by atoms with E-state index >= 15 is 0 Å². The first-order valence-electron chi connectivity index (χ1n) is 6.11. The Hall–Kier alpha value is -2.54. The summed E-state index contributed by atoms with van der Waals surface area (Å²) in [4.78, 5) is 2.96. The number of nitrogens with one attached hydrogen (secondary N) is 1. The van der Waals surface area contributed by atoms with Gasteiger partial charge in [0.05, 0.1) is 12.3 Å². The van der Waals surface area contributed by atoms with E-state index < -0.39 is 0 Å². The van der Waals surface area contributed by atoms with Gasteiger partial charge in [-0.05, 0) is 37.6 Å². The zero-order valence-corrected chi connectivity index (χ0v) is 11.0. The first kappa shape index (κ1) is 12.9. The van der Waals surface area contributed by atoms with Crippen LogP contribution in [-0.4, -0.2) is 6.61 Å². The Morgan fingerprint density at radius 1 is 1.32 bits per heavy atom. The highest BCUT2D eigenvalue weighted by atomic mass is 16.5. The van der Waals surface area contributed by atoms with E-state index in [1.165, 1.54) is 0 Å². The summed E-state index contributed by atoms with van der Waals surface area (Å²) in [6.45, 7) is 4.49. The lowest BCUT2D eigenvalue weighted by atomic mass is 10.0. The fourth-order valence-electron chi connectivity index (χ4n) is 1.99. The summed E-state index contributed by atoms with van der Waals surface area (Å²) in [6.07, 6.45) is 0. The van der Waals surface area contributed by atoms with Gasteiger partial charge in [0, 0.05) is 5.56 Å². The van der Waals surface area contributed by atoms with E-state index in [1.54, 1.807) is 0 Å². The van der Waals surface area contributed by atoms with Crippen LogP contribution in [0.25, 0.3) is 11.1 Å². The number of H-pyrrole nitrogens is 1. The highest BCUT2D eigenvalue weighted by molar-refractivity contribution is 5.74. The molecule has 4 heteroatoms. The number of pyridine rings is 1. The van der Waals surface area contributed by atoms with E-state index in [1.807, 2.05) is 44.2 Å². The van der Waals surface area contributed by atoms with E-state index in [9.17, 15) is 5.26 Å². The number of benzene rings is 1. The third kappa shape index (κ3) is 2.66. The van der Waals surface area contributed by atoms with Crippen molar-refractivity contribution in [2.24, 2.45) is 0 Å². The fraction of sp³-hybridized carbons (Fsp3) is 0.200. The molecule has 0 spiro atoms. The third-order valence-corrected chi connectivity index (χ3v) is 2.82. The van der Waals surface area contributed by atoms with Crippen LogP contribution in [0, 0.1) is 18.3 Å². The van der Waals surface area contributed by atoms with Gasteiger partial charge in [-0.2, -0.15) is 5.26 Å². The number of nitriles is 1. The number of aromatic nitrogens is 1. The van der Waals surface area contributed by atoms with Gasteiger partial charge in [0.1, 0.15) is 17.4 Å². The number of hydrogen-bond donors (Lipinski definition) is 1. The lowest BCUT2D eigenvalue weighted by Gasteiger charge is -2.07. The number of hydrogen-bond acceptors (Lipinski definition) is 3. The summed E-state index contributed by atoms with van der Waals surface area (Å²) in [7, 11) is 0. The minimum atomic E-state index is 0.395. The Kier molecular flexibility index (Phi) is 3.67. The minimum Gasteiger partial charge on any atom is -0.494 e. The zero-order chi connectivity index (χ0) is 13.8. The molecular weight excluding hydrogens is 238 g/mol. The molecule has 1 heterocycles. The second-order valence-electron chi connectivity index (χ2n) is 4.22. The van der Waals surface area contributed by atoms with Crippen molar-refractivity contribution in [3.63, 3.8) is 0 Å². The summed E-state index contributed by atoms with van der Waals surface area (Å²) < 4.78 is 5.40. The van der Waals surface area contributed by atoms with Gasteiger partial charge in [0.25, 0.3) is 5.82 Å². The quantitative estimate of drug-likeness (QED) is 0.913. The van der Waals surface area contributed by atoms with Crippen molar-refractivity contribution in [2.45, 2.75) is 13.8 Å². The van der Waals surface area contributed by atoms with Crippen LogP contribution in [0.1, 0.15) is 18.2 Å². The van der Waals surface area contributed by atoms with Gasteiger partial charge >= 0.3 is 0 Å². The summed E-state index contributed by atoms with van der Waals surface area (Å²) in [5, 5.41) is 9.22. The van der Waals surface area contributed by atoms with E-state index in [0.717, 1.165) is 22.6 Å². The molecule has 3 N–H and O–H groups in total. The van der Waals surface area contributed by atoms with E-state index in [4.69, 9.17) is 10.5 Å². The van der Waals surface area contributed by atoms with Crippen molar-refractivity contribution < 1.29 is 9.72 Å². The summed E-state index contributed by atoms with van der Waals surface area (Å²) in [5.74, 6) is 1.21. The highest BCUT2D eigenvalue weighted by Crippen LogP contribution is 2.27. The lowest BCUT2D eigenvalue weighted by Crippen LogP contribution is -2.16. The van der Waals surface area contributed by atoms with Gasteiger partial charge in [0.15, 0.2) is 0 Å². The standard InChI is InChI=1S/C15H15N3O/c1-3-19-12-6-4-11(5-7-12)13-8-10(2)18-15(17)14(13)9-16/h4-8H,3H2,1-2H3,(H2,17,18)/p+1. The van der Waals surface area contributed by atoms with Crippen LogP contribution in [0.3, 0.4) is 0 Å². The van der Waals surface area contributed by atoms with Gasteiger partial charge in [-0.15, -0.1) is 0 Å². The Bertz CT molecular complexity index is 627. The van der Waals surface area contributed by atoms with Crippen LogP contribution in [-0.2, 0) is 0 Å². The molecule has 2 rings (SSSR count). The van der Waals surface area contributed by atoms with Crippen LogP contribution in [0.15, 0.2) is 30.3 Å². The van der Waals surface area contributed by atoms with Gasteiger partial charge in [-0.1, -0.05) is 12.1 Å². The van der Waals surface area contributed by atoms with Gasteiger partial charge in [-0.3, -0.25) is 5.73 Å². The smallest absolute Gasteiger partial charge is 0.289 e. The molecule has 0 atom stereocenters. The maximum Gasteiger partial charge on any atom is 0.289 e. The number of ether oxygens (including phenoxy) is 1.